The van der Waals surface area contributed by atoms with Crippen molar-refractivity contribution < 1.29 is 13.9 Å². The van der Waals surface area contributed by atoms with E-state index in [1.807, 2.05) is 55.6 Å². The van der Waals surface area contributed by atoms with Crippen LogP contribution in [0.15, 0.2) is 60.7 Å². The van der Waals surface area contributed by atoms with Gasteiger partial charge in [0.15, 0.2) is 0 Å². The van der Waals surface area contributed by atoms with Gasteiger partial charge < -0.3 is 4.74 Å². The molecule has 4 rings (SSSR count). The number of carbonyl (C=O) groups excluding carboxylic acids is 1. The van der Waals surface area contributed by atoms with Gasteiger partial charge in [-0.1, -0.05) is 56.3 Å². The molecule has 30 heavy (non-hydrogen) atoms. The van der Waals surface area contributed by atoms with Gasteiger partial charge in [0.2, 0.25) is 0 Å². The second-order valence-electron chi connectivity index (χ2n) is 7.61. The van der Waals surface area contributed by atoms with E-state index in [1.165, 1.54) is 19.2 Å². The molecular weight excluding hydrogens is 379 g/mol. The minimum Gasteiger partial charge on any atom is -0.465 e. The Morgan fingerprint density at radius 2 is 1.70 bits per heavy atom. The molecular formula is C25H23FN2O2. The molecule has 0 atom stereocenters. The van der Waals surface area contributed by atoms with Gasteiger partial charge in [-0.15, -0.1) is 0 Å². The number of benzene rings is 2. The van der Waals surface area contributed by atoms with Crippen molar-refractivity contribution in [3.63, 3.8) is 0 Å². The zero-order valence-corrected chi connectivity index (χ0v) is 17.4. The predicted octanol–water partition coefficient (Wildman–Crippen LogP) is 6.03. The number of esters is 1. The second kappa shape index (κ2) is 7.75. The lowest BCUT2D eigenvalue weighted by Gasteiger charge is -2.18. The second-order valence-corrected chi connectivity index (χ2v) is 7.61. The van der Waals surface area contributed by atoms with Crippen LogP contribution in [-0.2, 0) is 4.74 Å². The Morgan fingerprint density at radius 1 is 1.03 bits per heavy atom. The summed E-state index contributed by atoms with van der Waals surface area (Å²) in [6.07, 6.45) is 0. The Bertz CT molecular complexity index is 1230. The van der Waals surface area contributed by atoms with Gasteiger partial charge in [-0.3, -0.25) is 0 Å². The lowest BCUT2D eigenvalue weighted by atomic mass is 9.92. The van der Waals surface area contributed by atoms with Crippen LogP contribution in [0.3, 0.4) is 0 Å². The fraction of sp³-hybridized carbons (Fsp3) is 0.200. The molecule has 0 aliphatic rings. The number of methoxy groups -OCH3 is 1. The molecule has 0 saturated carbocycles. The molecule has 2 aromatic carbocycles. The van der Waals surface area contributed by atoms with E-state index in [0.29, 0.717) is 16.8 Å². The number of carbonyl (C=O) groups is 1. The Balaban J connectivity index is 2.21. The van der Waals surface area contributed by atoms with Gasteiger partial charge >= 0.3 is 5.97 Å². The van der Waals surface area contributed by atoms with E-state index in [4.69, 9.17) is 9.84 Å². The number of nitrogens with zero attached hydrogens (tertiary/aromatic N) is 2. The Morgan fingerprint density at radius 3 is 2.30 bits per heavy atom. The van der Waals surface area contributed by atoms with Crippen LogP contribution in [0.2, 0.25) is 0 Å². The summed E-state index contributed by atoms with van der Waals surface area (Å²) in [5.74, 6) is -0.794. The fourth-order valence-electron chi connectivity index (χ4n) is 3.85. The van der Waals surface area contributed by atoms with Crippen LogP contribution in [-0.4, -0.2) is 22.7 Å². The van der Waals surface area contributed by atoms with E-state index in [2.05, 4.69) is 6.07 Å². The van der Waals surface area contributed by atoms with Crippen molar-refractivity contribution in [1.29, 1.82) is 0 Å². The molecule has 152 valence electrons. The summed E-state index contributed by atoms with van der Waals surface area (Å²) in [5, 5.41) is 4.83. The molecule has 0 aliphatic heterocycles. The summed E-state index contributed by atoms with van der Waals surface area (Å²) >= 11 is 0. The molecule has 2 heterocycles. The molecule has 0 fully saturated rings. The average molecular weight is 402 g/mol. The first kappa shape index (κ1) is 19.8. The van der Waals surface area contributed by atoms with Crippen molar-refractivity contribution in [1.82, 2.24) is 9.61 Å². The predicted molar refractivity (Wildman–Crippen MR) is 116 cm³/mol. The third-order valence-electron chi connectivity index (χ3n) is 5.26. The zero-order valence-electron chi connectivity index (χ0n) is 17.4. The molecule has 0 unspecified atom stereocenters. The fourth-order valence-corrected chi connectivity index (χ4v) is 3.85. The summed E-state index contributed by atoms with van der Waals surface area (Å²) in [6, 6.07) is 18.2. The Labute approximate surface area is 174 Å². The molecule has 4 aromatic rings. The van der Waals surface area contributed by atoms with Crippen molar-refractivity contribution in [2.24, 2.45) is 0 Å². The Hall–Kier alpha value is -3.47. The van der Waals surface area contributed by atoms with Gasteiger partial charge in [0.05, 0.1) is 23.9 Å². The molecule has 0 radical (unpaired) electrons. The van der Waals surface area contributed by atoms with Crippen molar-refractivity contribution >= 4 is 11.5 Å². The summed E-state index contributed by atoms with van der Waals surface area (Å²) in [5.41, 5.74) is 6.23. The normalized spacial score (nSPS) is 11.3. The molecule has 0 saturated heterocycles. The summed E-state index contributed by atoms with van der Waals surface area (Å²) in [4.78, 5) is 13.0. The highest BCUT2D eigenvalue weighted by molar-refractivity contribution is 6.06. The standard InChI is InChI=1S/C25H23FN2O2/c1-15(2)23-22(25(29)30-4)21(18-10-12-19(26)13-11-18)24-20(14-16(3)28(24)27-23)17-8-6-5-7-9-17/h5-15H,1-4H3. The van der Waals surface area contributed by atoms with E-state index in [0.717, 1.165) is 27.9 Å². The highest BCUT2D eigenvalue weighted by Crippen LogP contribution is 2.39. The average Bonchev–Trinajstić information content (AvgIpc) is 3.09. The SMILES string of the molecule is COC(=O)c1c(C(C)C)nn2c(C)cc(-c3ccccc3)c2c1-c1ccc(F)cc1. The number of ether oxygens (including phenoxy) is 1. The summed E-state index contributed by atoms with van der Waals surface area (Å²) in [7, 11) is 1.37. The van der Waals surface area contributed by atoms with Gasteiger partial charge in [0.1, 0.15) is 5.82 Å². The number of aromatic nitrogens is 2. The molecule has 0 spiro atoms. The van der Waals surface area contributed by atoms with Crippen LogP contribution in [0.25, 0.3) is 27.8 Å². The van der Waals surface area contributed by atoms with Crippen LogP contribution in [0.4, 0.5) is 4.39 Å². The topological polar surface area (TPSA) is 43.6 Å². The first-order valence-electron chi connectivity index (χ1n) is 9.88. The molecule has 5 heteroatoms. The summed E-state index contributed by atoms with van der Waals surface area (Å²) < 4.78 is 20.7. The number of aryl methyl sites for hydroxylation is 1. The minimum atomic E-state index is -0.453. The smallest absolute Gasteiger partial charge is 0.340 e. The van der Waals surface area contributed by atoms with E-state index in [-0.39, 0.29) is 11.7 Å². The number of hydrogen-bond acceptors (Lipinski definition) is 3. The molecule has 0 amide bonds. The summed E-state index contributed by atoms with van der Waals surface area (Å²) in [6.45, 7) is 5.97. The van der Waals surface area contributed by atoms with Gasteiger partial charge in [0, 0.05) is 16.8 Å². The molecule has 0 N–H and O–H groups in total. The van der Waals surface area contributed by atoms with Gasteiger partial charge in [-0.2, -0.15) is 5.10 Å². The number of halogens is 1. The van der Waals surface area contributed by atoms with Crippen molar-refractivity contribution in [3.8, 4) is 22.3 Å². The van der Waals surface area contributed by atoms with Crippen molar-refractivity contribution in [2.75, 3.05) is 7.11 Å². The molecule has 2 aromatic heterocycles. The van der Waals surface area contributed by atoms with Crippen LogP contribution in [0.1, 0.15) is 41.5 Å². The maximum absolute atomic E-state index is 13.7. The molecule has 0 aliphatic carbocycles. The number of rotatable bonds is 4. The zero-order chi connectivity index (χ0) is 21.4. The number of hydrogen-bond donors (Lipinski definition) is 0. The van der Waals surface area contributed by atoms with Crippen LogP contribution in [0, 0.1) is 12.7 Å². The monoisotopic (exact) mass is 402 g/mol. The lowest BCUT2D eigenvalue weighted by molar-refractivity contribution is 0.0599. The third-order valence-corrected chi connectivity index (χ3v) is 5.26. The van der Waals surface area contributed by atoms with Gasteiger partial charge in [-0.25, -0.2) is 13.7 Å². The lowest BCUT2D eigenvalue weighted by Crippen LogP contribution is -2.15. The Kier molecular flexibility index (Phi) is 5.12. The van der Waals surface area contributed by atoms with Gasteiger partial charge in [0.25, 0.3) is 0 Å². The highest BCUT2D eigenvalue weighted by atomic mass is 19.1. The van der Waals surface area contributed by atoms with E-state index >= 15 is 0 Å². The third kappa shape index (κ3) is 3.26. The van der Waals surface area contributed by atoms with Crippen LogP contribution >= 0.6 is 0 Å². The highest BCUT2D eigenvalue weighted by Gasteiger charge is 2.27. The van der Waals surface area contributed by atoms with E-state index in [9.17, 15) is 9.18 Å². The first-order valence-corrected chi connectivity index (χ1v) is 9.88. The van der Waals surface area contributed by atoms with Crippen LogP contribution < -0.4 is 0 Å². The largest absolute Gasteiger partial charge is 0.465 e. The maximum Gasteiger partial charge on any atom is 0.340 e. The van der Waals surface area contributed by atoms with Crippen LogP contribution in [0.5, 0.6) is 0 Å². The van der Waals surface area contributed by atoms with E-state index in [1.54, 1.807) is 12.1 Å². The maximum atomic E-state index is 13.7. The number of fused-ring (bicyclic) bond motifs is 1. The van der Waals surface area contributed by atoms with E-state index < -0.39 is 5.97 Å². The minimum absolute atomic E-state index is 0.00956. The van der Waals surface area contributed by atoms with Crippen molar-refractivity contribution in [2.45, 2.75) is 26.7 Å². The molecule has 4 nitrogen and oxygen atoms in total. The quantitative estimate of drug-likeness (QED) is 0.392. The van der Waals surface area contributed by atoms with Gasteiger partial charge in [-0.05, 0) is 42.2 Å². The van der Waals surface area contributed by atoms with Crippen molar-refractivity contribution in [3.05, 3.63) is 83.4 Å². The first-order chi connectivity index (χ1) is 14.4. The molecule has 0 bridgehead atoms.